The van der Waals surface area contributed by atoms with Crippen molar-refractivity contribution in [1.29, 1.82) is 0 Å². The number of alkyl halides is 2. The first-order valence-corrected chi connectivity index (χ1v) is 5.68. The molecule has 2 rings (SSSR count). The Morgan fingerprint density at radius 3 is 2.78 bits per heavy atom. The summed E-state index contributed by atoms with van der Waals surface area (Å²) in [7, 11) is 0. The van der Waals surface area contributed by atoms with Crippen molar-refractivity contribution in [2.45, 2.75) is 19.1 Å². The van der Waals surface area contributed by atoms with Crippen LogP contribution in [0.3, 0.4) is 0 Å². The molecule has 0 radical (unpaired) electrons. The zero-order valence-electron chi connectivity index (χ0n) is 9.68. The van der Waals surface area contributed by atoms with Crippen molar-refractivity contribution < 1.29 is 13.9 Å². The van der Waals surface area contributed by atoms with Gasteiger partial charge in [0.05, 0.1) is 5.52 Å². The van der Waals surface area contributed by atoms with Crippen molar-refractivity contribution in [3.8, 4) is 0 Å². The molecule has 0 amide bonds. The summed E-state index contributed by atoms with van der Waals surface area (Å²) in [5, 5.41) is 12.8. The summed E-state index contributed by atoms with van der Waals surface area (Å²) >= 11 is 0. The molecule has 3 nitrogen and oxygen atoms in total. The monoisotopic (exact) mass is 252 g/mol. The molecule has 5 heteroatoms. The molecule has 0 saturated carbocycles. The van der Waals surface area contributed by atoms with E-state index >= 15 is 0 Å². The van der Waals surface area contributed by atoms with E-state index < -0.39 is 12.5 Å². The third-order valence-corrected chi connectivity index (χ3v) is 2.70. The lowest BCUT2D eigenvalue weighted by atomic mass is 10.1. The highest BCUT2D eigenvalue weighted by Gasteiger charge is 2.15. The number of pyridine rings is 1. The van der Waals surface area contributed by atoms with Crippen molar-refractivity contribution in [2.75, 3.05) is 6.54 Å². The number of hydrogen-bond donors (Lipinski definition) is 2. The van der Waals surface area contributed by atoms with Gasteiger partial charge in [-0.15, -0.1) is 0 Å². The highest BCUT2D eigenvalue weighted by atomic mass is 19.3. The van der Waals surface area contributed by atoms with Gasteiger partial charge in [-0.25, -0.2) is 8.78 Å². The molecule has 0 bridgehead atoms. The van der Waals surface area contributed by atoms with Crippen LogP contribution in [-0.4, -0.2) is 29.2 Å². The molecule has 0 aliphatic rings. The first kappa shape index (κ1) is 12.9. The van der Waals surface area contributed by atoms with Gasteiger partial charge in [-0.3, -0.25) is 4.98 Å². The number of aromatic nitrogens is 1. The average molecular weight is 252 g/mol. The van der Waals surface area contributed by atoms with E-state index in [9.17, 15) is 8.78 Å². The van der Waals surface area contributed by atoms with Crippen molar-refractivity contribution >= 4 is 10.9 Å². The van der Waals surface area contributed by atoms with Crippen LogP contribution in [0.25, 0.3) is 10.9 Å². The smallest absolute Gasteiger partial charge is 0.265 e. The van der Waals surface area contributed by atoms with Gasteiger partial charge in [0.15, 0.2) is 0 Å². The fourth-order valence-corrected chi connectivity index (χ4v) is 1.75. The summed E-state index contributed by atoms with van der Waals surface area (Å²) in [6, 6.07) is 9.47. The van der Waals surface area contributed by atoms with Crippen LogP contribution in [0.2, 0.25) is 0 Å². The zero-order chi connectivity index (χ0) is 13.0. The molecule has 1 aromatic heterocycles. The Morgan fingerprint density at radius 1 is 1.22 bits per heavy atom. The molecule has 0 fully saturated rings. The lowest BCUT2D eigenvalue weighted by Gasteiger charge is -2.11. The Labute approximate surface area is 103 Å². The molecular formula is C13H14F2N2O. The molecular weight excluding hydrogens is 238 g/mol. The van der Waals surface area contributed by atoms with Crippen LogP contribution in [0.4, 0.5) is 8.78 Å². The van der Waals surface area contributed by atoms with Crippen molar-refractivity contribution in [2.24, 2.45) is 0 Å². The molecule has 0 aliphatic heterocycles. The van der Waals surface area contributed by atoms with Gasteiger partial charge in [0.25, 0.3) is 6.43 Å². The molecule has 0 saturated heterocycles. The van der Waals surface area contributed by atoms with Gasteiger partial charge in [0.1, 0.15) is 6.10 Å². The van der Waals surface area contributed by atoms with E-state index in [-0.39, 0.29) is 6.54 Å². The quantitative estimate of drug-likeness (QED) is 0.855. The second-order valence-corrected chi connectivity index (χ2v) is 4.02. The van der Waals surface area contributed by atoms with Crippen LogP contribution in [0, 0.1) is 0 Å². The summed E-state index contributed by atoms with van der Waals surface area (Å²) in [5.41, 5.74) is 1.84. The van der Waals surface area contributed by atoms with Crippen molar-refractivity contribution in [3.63, 3.8) is 0 Å². The maximum absolute atomic E-state index is 12.1. The fourth-order valence-electron chi connectivity index (χ4n) is 1.75. The molecule has 0 spiro atoms. The van der Waals surface area contributed by atoms with Crippen LogP contribution in [0.15, 0.2) is 36.5 Å². The molecule has 1 unspecified atom stereocenters. The van der Waals surface area contributed by atoms with Gasteiger partial charge < -0.3 is 10.4 Å². The van der Waals surface area contributed by atoms with Gasteiger partial charge in [0, 0.05) is 24.7 Å². The first-order valence-electron chi connectivity index (χ1n) is 5.68. The van der Waals surface area contributed by atoms with Crippen LogP contribution >= 0.6 is 0 Å². The third kappa shape index (κ3) is 3.00. The molecule has 96 valence electrons. The minimum atomic E-state index is -2.72. The highest BCUT2D eigenvalue weighted by molar-refractivity contribution is 5.81. The zero-order valence-corrected chi connectivity index (χ0v) is 9.68. The predicted octanol–water partition coefficient (Wildman–Crippen LogP) is 1.95. The van der Waals surface area contributed by atoms with E-state index in [1.165, 1.54) is 0 Å². The van der Waals surface area contributed by atoms with Gasteiger partial charge in [-0.1, -0.05) is 18.2 Å². The Balaban J connectivity index is 2.04. The lowest BCUT2D eigenvalue weighted by Crippen LogP contribution is -2.31. The summed E-state index contributed by atoms with van der Waals surface area (Å²) in [6.07, 6.45) is -2.66. The Hall–Kier alpha value is -1.59. The largest absolute Gasteiger partial charge is 0.386 e. The number of rotatable bonds is 5. The topological polar surface area (TPSA) is 45.1 Å². The maximum Gasteiger partial charge on any atom is 0.265 e. The summed E-state index contributed by atoms with van der Waals surface area (Å²) in [4.78, 5) is 4.22. The Morgan fingerprint density at radius 2 is 2.00 bits per heavy atom. The normalized spacial score (nSPS) is 13.1. The molecule has 2 aromatic rings. The summed E-state index contributed by atoms with van der Waals surface area (Å²) < 4.78 is 24.2. The second-order valence-electron chi connectivity index (χ2n) is 4.02. The maximum atomic E-state index is 12.1. The Bertz CT molecular complexity index is 514. The standard InChI is InChI=1S/C13H14F2N2O/c14-13(15)12(18)8-16-7-9-5-6-17-11-4-2-1-3-10(9)11/h1-6,12-13,16,18H,7-8H2. The van der Waals surface area contributed by atoms with Crippen LogP contribution < -0.4 is 5.32 Å². The molecule has 1 heterocycles. The number of nitrogens with zero attached hydrogens (tertiary/aromatic N) is 1. The molecule has 1 atom stereocenters. The van der Waals surface area contributed by atoms with Crippen LogP contribution in [0.1, 0.15) is 5.56 Å². The van der Waals surface area contributed by atoms with Crippen LogP contribution in [0.5, 0.6) is 0 Å². The van der Waals surface area contributed by atoms with Crippen LogP contribution in [-0.2, 0) is 6.54 Å². The minimum absolute atomic E-state index is 0.131. The number of fused-ring (bicyclic) bond motifs is 1. The number of hydrogen-bond acceptors (Lipinski definition) is 3. The highest BCUT2D eigenvalue weighted by Crippen LogP contribution is 2.15. The van der Waals surface area contributed by atoms with Crippen molar-refractivity contribution in [1.82, 2.24) is 10.3 Å². The first-order chi connectivity index (χ1) is 8.68. The number of aliphatic hydroxyl groups is 1. The molecule has 2 N–H and O–H groups in total. The number of halogens is 2. The van der Waals surface area contributed by atoms with Gasteiger partial charge >= 0.3 is 0 Å². The second kappa shape index (κ2) is 5.84. The Kier molecular flexibility index (Phi) is 4.17. The summed E-state index contributed by atoms with van der Waals surface area (Å²) in [6.45, 7) is 0.293. The number of para-hydroxylation sites is 1. The van der Waals surface area contributed by atoms with Gasteiger partial charge in [-0.2, -0.15) is 0 Å². The fraction of sp³-hybridized carbons (Fsp3) is 0.308. The van der Waals surface area contributed by atoms with Gasteiger partial charge in [-0.05, 0) is 17.7 Å². The number of benzene rings is 1. The van der Waals surface area contributed by atoms with Gasteiger partial charge in [0.2, 0.25) is 0 Å². The van der Waals surface area contributed by atoms with E-state index in [0.29, 0.717) is 6.54 Å². The predicted molar refractivity (Wildman–Crippen MR) is 65.5 cm³/mol. The summed E-state index contributed by atoms with van der Waals surface area (Å²) in [5.74, 6) is 0. The molecule has 0 aliphatic carbocycles. The number of nitrogens with one attached hydrogen (secondary N) is 1. The van der Waals surface area contributed by atoms with E-state index in [1.54, 1.807) is 6.20 Å². The third-order valence-electron chi connectivity index (χ3n) is 2.70. The van der Waals surface area contributed by atoms with E-state index in [2.05, 4.69) is 10.3 Å². The SMILES string of the molecule is OC(CNCc1ccnc2ccccc12)C(F)F. The van der Waals surface area contributed by atoms with E-state index in [4.69, 9.17) is 5.11 Å². The minimum Gasteiger partial charge on any atom is -0.386 e. The number of aliphatic hydroxyl groups excluding tert-OH is 1. The van der Waals surface area contributed by atoms with E-state index in [0.717, 1.165) is 16.5 Å². The molecule has 1 aromatic carbocycles. The lowest BCUT2D eigenvalue weighted by molar-refractivity contribution is -0.00339. The van der Waals surface area contributed by atoms with Crippen molar-refractivity contribution in [3.05, 3.63) is 42.1 Å². The molecule has 18 heavy (non-hydrogen) atoms. The van der Waals surface area contributed by atoms with E-state index in [1.807, 2.05) is 30.3 Å². The average Bonchev–Trinajstić information content (AvgIpc) is 2.38.